The molecule has 164 valence electrons. The van der Waals surface area contributed by atoms with E-state index in [1.54, 1.807) is 21.9 Å². The molecule has 1 aromatic heterocycles. The summed E-state index contributed by atoms with van der Waals surface area (Å²) in [7, 11) is 0. The van der Waals surface area contributed by atoms with Gasteiger partial charge in [0.15, 0.2) is 5.76 Å². The molecule has 3 amide bonds. The number of carbonyl (C=O) groups excluding carboxylic acids is 3. The third kappa shape index (κ3) is 4.95. The molecule has 2 aromatic rings. The largest absolute Gasteiger partial charge is 0.459 e. The Morgan fingerprint density at radius 3 is 2.10 bits per heavy atom. The lowest BCUT2D eigenvalue weighted by molar-refractivity contribution is -0.127. The lowest BCUT2D eigenvalue weighted by atomic mass is 9.94. The van der Waals surface area contributed by atoms with Crippen LogP contribution >= 0.6 is 0 Å². The second kappa shape index (κ2) is 9.32. The van der Waals surface area contributed by atoms with Gasteiger partial charge in [-0.1, -0.05) is 0 Å². The van der Waals surface area contributed by atoms with E-state index in [-0.39, 0.29) is 35.5 Å². The van der Waals surface area contributed by atoms with E-state index >= 15 is 0 Å². The first kappa shape index (κ1) is 21.1. The van der Waals surface area contributed by atoms with Crippen LogP contribution in [0.15, 0.2) is 47.1 Å². The molecule has 0 spiro atoms. The summed E-state index contributed by atoms with van der Waals surface area (Å²) in [5.74, 6) is -0.391. The first-order valence-electron chi connectivity index (χ1n) is 10.7. The molecule has 0 radical (unpaired) electrons. The topological polar surface area (TPSA) is 82.9 Å². The average molecular weight is 427 g/mol. The average Bonchev–Trinajstić information content (AvgIpc) is 3.34. The zero-order valence-corrected chi connectivity index (χ0v) is 17.3. The number of hydrogen-bond acceptors (Lipinski definition) is 4. The standard InChI is InChI=1S/C23H26FN3O4/c24-18-5-3-17(4-6-18)22(29)26-11-7-16(8-12-26)21(28)25-19-9-13-27(14-10-19)23(30)20-2-1-15-31-20/h1-6,15-16,19H,7-14H2,(H,25,28). The van der Waals surface area contributed by atoms with Crippen LogP contribution in [-0.4, -0.2) is 59.7 Å². The third-order valence-corrected chi connectivity index (χ3v) is 6.10. The van der Waals surface area contributed by atoms with Gasteiger partial charge in [0.1, 0.15) is 5.82 Å². The van der Waals surface area contributed by atoms with Gasteiger partial charge in [-0.25, -0.2) is 4.39 Å². The minimum absolute atomic E-state index is 0.0182. The van der Waals surface area contributed by atoms with Crippen LogP contribution in [0.25, 0.3) is 0 Å². The number of furan rings is 1. The molecule has 0 aliphatic carbocycles. The highest BCUT2D eigenvalue weighted by Crippen LogP contribution is 2.21. The van der Waals surface area contributed by atoms with Crippen molar-refractivity contribution in [1.29, 1.82) is 0 Å². The molecular formula is C23H26FN3O4. The van der Waals surface area contributed by atoms with Crippen molar-refractivity contribution in [2.75, 3.05) is 26.2 Å². The second-order valence-corrected chi connectivity index (χ2v) is 8.13. The van der Waals surface area contributed by atoms with Gasteiger partial charge >= 0.3 is 0 Å². The number of piperidine rings is 2. The highest BCUT2D eigenvalue weighted by atomic mass is 19.1. The fraction of sp³-hybridized carbons (Fsp3) is 0.435. The van der Waals surface area contributed by atoms with Crippen molar-refractivity contribution in [2.45, 2.75) is 31.7 Å². The molecule has 2 saturated heterocycles. The minimum Gasteiger partial charge on any atom is -0.459 e. The number of halogens is 1. The van der Waals surface area contributed by atoms with Gasteiger partial charge in [0.25, 0.3) is 11.8 Å². The summed E-state index contributed by atoms with van der Waals surface area (Å²) in [5.41, 5.74) is 0.458. The number of carbonyl (C=O) groups is 3. The number of amides is 3. The zero-order chi connectivity index (χ0) is 21.8. The van der Waals surface area contributed by atoms with Gasteiger partial charge < -0.3 is 19.5 Å². The Kier molecular flexibility index (Phi) is 6.34. The van der Waals surface area contributed by atoms with E-state index in [4.69, 9.17) is 4.42 Å². The first-order valence-corrected chi connectivity index (χ1v) is 10.7. The van der Waals surface area contributed by atoms with E-state index in [2.05, 4.69) is 5.32 Å². The summed E-state index contributed by atoms with van der Waals surface area (Å²) < 4.78 is 18.2. The Balaban J connectivity index is 1.21. The molecule has 8 heteroatoms. The maximum atomic E-state index is 13.1. The predicted molar refractivity (Wildman–Crippen MR) is 111 cm³/mol. The second-order valence-electron chi connectivity index (χ2n) is 8.13. The lowest BCUT2D eigenvalue weighted by Crippen LogP contribution is -2.49. The molecule has 3 heterocycles. The fourth-order valence-corrected chi connectivity index (χ4v) is 4.22. The van der Waals surface area contributed by atoms with E-state index in [0.717, 1.165) is 0 Å². The summed E-state index contributed by atoms with van der Waals surface area (Å²) in [6.45, 7) is 2.17. The first-order chi connectivity index (χ1) is 15.0. The summed E-state index contributed by atoms with van der Waals surface area (Å²) >= 11 is 0. The molecule has 1 N–H and O–H groups in total. The monoisotopic (exact) mass is 427 g/mol. The zero-order valence-electron chi connectivity index (χ0n) is 17.3. The molecule has 0 bridgehead atoms. The lowest BCUT2D eigenvalue weighted by Gasteiger charge is -2.35. The fourth-order valence-electron chi connectivity index (χ4n) is 4.22. The van der Waals surface area contributed by atoms with Crippen molar-refractivity contribution >= 4 is 17.7 Å². The van der Waals surface area contributed by atoms with E-state index < -0.39 is 0 Å². The molecule has 0 unspecified atom stereocenters. The van der Waals surface area contributed by atoms with Crippen LogP contribution in [0, 0.1) is 11.7 Å². The number of likely N-dealkylation sites (tertiary alicyclic amines) is 2. The molecule has 2 aliphatic heterocycles. The van der Waals surface area contributed by atoms with Crippen molar-refractivity contribution in [3.05, 3.63) is 59.8 Å². The SMILES string of the molecule is O=C(NC1CCN(C(=O)c2ccco2)CC1)C1CCN(C(=O)c2ccc(F)cc2)CC1. The summed E-state index contributed by atoms with van der Waals surface area (Å²) in [6, 6.07) is 8.93. The van der Waals surface area contributed by atoms with Crippen LogP contribution in [-0.2, 0) is 4.79 Å². The predicted octanol–water partition coefficient (Wildman–Crippen LogP) is 2.69. The van der Waals surface area contributed by atoms with Crippen molar-refractivity contribution in [3.8, 4) is 0 Å². The summed E-state index contributed by atoms with van der Waals surface area (Å²) in [5, 5.41) is 3.12. The Bertz CT molecular complexity index is 913. The van der Waals surface area contributed by atoms with Crippen molar-refractivity contribution in [2.24, 2.45) is 5.92 Å². The molecular weight excluding hydrogens is 401 g/mol. The molecule has 2 fully saturated rings. The smallest absolute Gasteiger partial charge is 0.289 e. The van der Waals surface area contributed by atoms with Crippen LogP contribution in [0.2, 0.25) is 0 Å². The number of nitrogens with zero attached hydrogens (tertiary/aromatic N) is 2. The van der Waals surface area contributed by atoms with E-state index in [1.807, 2.05) is 0 Å². The Morgan fingerprint density at radius 2 is 1.48 bits per heavy atom. The highest BCUT2D eigenvalue weighted by molar-refractivity contribution is 5.94. The Hall–Kier alpha value is -3.16. The summed E-state index contributed by atoms with van der Waals surface area (Å²) in [4.78, 5) is 41.0. The molecule has 31 heavy (non-hydrogen) atoms. The van der Waals surface area contributed by atoms with Gasteiger partial charge in [0.05, 0.1) is 6.26 Å². The number of hydrogen-bond donors (Lipinski definition) is 1. The van der Waals surface area contributed by atoms with Crippen LogP contribution in [0.3, 0.4) is 0 Å². The van der Waals surface area contributed by atoms with Gasteiger partial charge in [-0.3, -0.25) is 14.4 Å². The van der Waals surface area contributed by atoms with E-state index in [9.17, 15) is 18.8 Å². The van der Waals surface area contributed by atoms with Crippen molar-refractivity contribution in [1.82, 2.24) is 15.1 Å². The highest BCUT2D eigenvalue weighted by Gasteiger charge is 2.31. The Labute approximate surface area is 180 Å². The van der Waals surface area contributed by atoms with Crippen molar-refractivity contribution < 1.29 is 23.2 Å². The van der Waals surface area contributed by atoms with Crippen molar-refractivity contribution in [3.63, 3.8) is 0 Å². The maximum Gasteiger partial charge on any atom is 0.289 e. The normalized spacial score (nSPS) is 18.1. The number of benzene rings is 1. The number of nitrogens with one attached hydrogen (secondary N) is 1. The molecule has 1 aromatic carbocycles. The van der Waals surface area contributed by atoms with Gasteiger partial charge in [-0.15, -0.1) is 0 Å². The van der Waals surface area contributed by atoms with Gasteiger partial charge in [-0.05, 0) is 62.1 Å². The van der Waals surface area contributed by atoms with Gasteiger partial charge in [0, 0.05) is 43.7 Å². The molecule has 4 rings (SSSR count). The van der Waals surface area contributed by atoms with Gasteiger partial charge in [0.2, 0.25) is 5.91 Å². The number of rotatable bonds is 4. The third-order valence-electron chi connectivity index (χ3n) is 6.10. The van der Waals surface area contributed by atoms with Gasteiger partial charge in [-0.2, -0.15) is 0 Å². The summed E-state index contributed by atoms with van der Waals surface area (Å²) in [6.07, 6.45) is 4.11. The molecule has 2 aliphatic rings. The minimum atomic E-state index is -0.372. The van der Waals surface area contributed by atoms with Crippen LogP contribution < -0.4 is 5.32 Å². The van der Waals surface area contributed by atoms with Crippen LogP contribution in [0.5, 0.6) is 0 Å². The molecule has 0 atom stereocenters. The maximum absolute atomic E-state index is 13.1. The quantitative estimate of drug-likeness (QED) is 0.813. The van der Waals surface area contributed by atoms with E-state index in [0.29, 0.717) is 63.2 Å². The molecule has 7 nitrogen and oxygen atoms in total. The van der Waals surface area contributed by atoms with Crippen LogP contribution in [0.4, 0.5) is 4.39 Å². The Morgan fingerprint density at radius 1 is 0.871 bits per heavy atom. The van der Waals surface area contributed by atoms with E-state index in [1.165, 1.54) is 30.5 Å². The van der Waals surface area contributed by atoms with Crippen LogP contribution in [0.1, 0.15) is 46.6 Å². The molecule has 0 saturated carbocycles.